The molecular formula is C14H16N2O3. The van der Waals surface area contributed by atoms with E-state index in [-0.39, 0.29) is 5.69 Å². The summed E-state index contributed by atoms with van der Waals surface area (Å²) in [7, 11) is 0. The van der Waals surface area contributed by atoms with E-state index in [1.165, 1.54) is 6.26 Å². The minimum Gasteiger partial charge on any atom is -0.461 e. The molecule has 1 aromatic carbocycles. The van der Waals surface area contributed by atoms with Gasteiger partial charge in [-0.25, -0.2) is 4.79 Å². The quantitative estimate of drug-likeness (QED) is 0.773. The van der Waals surface area contributed by atoms with Crippen molar-refractivity contribution in [3.05, 3.63) is 42.3 Å². The molecule has 19 heavy (non-hydrogen) atoms. The standard InChI is InChI=1S/C14H16N2O3/c1-3-16(11-8-6-5-7-9-11)14-15-12(10-19-14)13(17)18-4-2/h5-10H,3-4H2,1-2H3. The highest BCUT2D eigenvalue weighted by Gasteiger charge is 2.17. The molecule has 0 N–H and O–H groups in total. The summed E-state index contributed by atoms with van der Waals surface area (Å²) in [6, 6.07) is 10.1. The molecule has 0 saturated heterocycles. The molecule has 2 aromatic rings. The van der Waals surface area contributed by atoms with Crippen molar-refractivity contribution in [2.75, 3.05) is 18.1 Å². The molecule has 0 radical (unpaired) electrons. The Hall–Kier alpha value is -2.30. The SMILES string of the molecule is CCOC(=O)c1coc(N(CC)c2ccccc2)n1. The predicted molar refractivity (Wildman–Crippen MR) is 71.6 cm³/mol. The van der Waals surface area contributed by atoms with Crippen molar-refractivity contribution in [2.24, 2.45) is 0 Å². The molecule has 0 bridgehead atoms. The Bertz CT molecular complexity index is 537. The van der Waals surface area contributed by atoms with Gasteiger partial charge in [0.1, 0.15) is 6.26 Å². The van der Waals surface area contributed by atoms with Crippen LogP contribution in [0, 0.1) is 0 Å². The number of esters is 1. The number of anilines is 2. The maximum absolute atomic E-state index is 11.5. The fourth-order valence-electron chi connectivity index (χ4n) is 1.72. The Morgan fingerprint density at radius 2 is 2.05 bits per heavy atom. The lowest BCUT2D eigenvalue weighted by molar-refractivity contribution is 0.0519. The lowest BCUT2D eigenvalue weighted by atomic mass is 10.3. The van der Waals surface area contributed by atoms with Crippen LogP contribution in [0.25, 0.3) is 0 Å². The first-order valence-electron chi connectivity index (χ1n) is 6.21. The summed E-state index contributed by atoms with van der Waals surface area (Å²) in [5.74, 6) is -0.471. The lowest BCUT2D eigenvalue weighted by Gasteiger charge is -2.17. The third kappa shape index (κ3) is 2.93. The van der Waals surface area contributed by atoms with Gasteiger partial charge >= 0.3 is 12.0 Å². The van der Waals surface area contributed by atoms with Crippen LogP contribution >= 0.6 is 0 Å². The summed E-state index contributed by atoms with van der Waals surface area (Å²) in [5, 5.41) is 0. The van der Waals surface area contributed by atoms with Gasteiger partial charge in [-0.3, -0.25) is 4.90 Å². The van der Waals surface area contributed by atoms with Crippen LogP contribution in [0.4, 0.5) is 11.7 Å². The molecule has 0 fully saturated rings. The van der Waals surface area contributed by atoms with E-state index in [1.807, 2.05) is 42.2 Å². The minimum absolute atomic E-state index is 0.186. The van der Waals surface area contributed by atoms with Gasteiger partial charge in [-0.2, -0.15) is 4.98 Å². The predicted octanol–water partition coefficient (Wildman–Crippen LogP) is 3.01. The van der Waals surface area contributed by atoms with Gasteiger partial charge in [-0.15, -0.1) is 0 Å². The Kier molecular flexibility index (Phi) is 4.18. The maximum atomic E-state index is 11.5. The minimum atomic E-state index is -0.471. The summed E-state index contributed by atoms with van der Waals surface area (Å²) < 4.78 is 10.2. The first kappa shape index (κ1) is 13.1. The van der Waals surface area contributed by atoms with E-state index in [0.29, 0.717) is 19.2 Å². The number of hydrogen-bond acceptors (Lipinski definition) is 5. The Morgan fingerprint density at radius 3 is 2.68 bits per heavy atom. The fourth-order valence-corrected chi connectivity index (χ4v) is 1.72. The largest absolute Gasteiger partial charge is 0.461 e. The van der Waals surface area contributed by atoms with Gasteiger partial charge in [-0.05, 0) is 26.0 Å². The highest BCUT2D eigenvalue weighted by molar-refractivity contribution is 5.87. The van der Waals surface area contributed by atoms with Crippen molar-refractivity contribution in [3.63, 3.8) is 0 Å². The van der Waals surface area contributed by atoms with Crippen LogP contribution < -0.4 is 4.90 Å². The summed E-state index contributed by atoms with van der Waals surface area (Å²) in [5.41, 5.74) is 1.15. The van der Waals surface area contributed by atoms with Crippen molar-refractivity contribution >= 4 is 17.7 Å². The maximum Gasteiger partial charge on any atom is 0.360 e. The molecule has 0 aliphatic carbocycles. The number of oxazole rings is 1. The molecule has 0 unspecified atom stereocenters. The highest BCUT2D eigenvalue weighted by atomic mass is 16.5. The molecule has 0 amide bonds. The van der Waals surface area contributed by atoms with Crippen LogP contribution in [-0.4, -0.2) is 24.1 Å². The van der Waals surface area contributed by atoms with E-state index < -0.39 is 5.97 Å². The molecule has 2 rings (SSSR count). The monoisotopic (exact) mass is 260 g/mol. The number of benzene rings is 1. The fraction of sp³-hybridized carbons (Fsp3) is 0.286. The van der Waals surface area contributed by atoms with Gasteiger partial charge in [0.15, 0.2) is 5.69 Å². The molecule has 0 saturated carbocycles. The molecule has 0 aliphatic heterocycles. The average molecular weight is 260 g/mol. The average Bonchev–Trinajstić information content (AvgIpc) is 2.91. The Labute approximate surface area is 111 Å². The Morgan fingerprint density at radius 1 is 1.32 bits per heavy atom. The molecule has 5 nitrogen and oxygen atoms in total. The van der Waals surface area contributed by atoms with Gasteiger partial charge in [0.25, 0.3) is 0 Å². The summed E-state index contributed by atoms with van der Waals surface area (Å²) in [6.45, 7) is 4.74. The molecule has 0 aliphatic rings. The van der Waals surface area contributed by atoms with Crippen LogP contribution in [0.1, 0.15) is 24.3 Å². The molecule has 100 valence electrons. The van der Waals surface area contributed by atoms with Gasteiger partial charge in [0.2, 0.25) is 0 Å². The topological polar surface area (TPSA) is 55.6 Å². The van der Waals surface area contributed by atoms with E-state index in [0.717, 1.165) is 5.69 Å². The van der Waals surface area contributed by atoms with Crippen molar-refractivity contribution in [3.8, 4) is 0 Å². The summed E-state index contributed by atoms with van der Waals surface area (Å²) >= 11 is 0. The molecule has 0 atom stereocenters. The third-order valence-corrected chi connectivity index (χ3v) is 2.59. The second-order valence-corrected chi connectivity index (χ2v) is 3.82. The second-order valence-electron chi connectivity index (χ2n) is 3.82. The normalized spacial score (nSPS) is 10.2. The van der Waals surface area contributed by atoms with Crippen LogP contribution in [-0.2, 0) is 4.74 Å². The zero-order valence-electron chi connectivity index (χ0n) is 11.0. The van der Waals surface area contributed by atoms with Crippen molar-refractivity contribution in [1.29, 1.82) is 0 Å². The Balaban J connectivity index is 2.23. The molecular weight excluding hydrogens is 244 g/mol. The van der Waals surface area contributed by atoms with E-state index in [4.69, 9.17) is 9.15 Å². The number of carbonyl (C=O) groups excluding carboxylic acids is 1. The summed E-state index contributed by atoms with van der Waals surface area (Å²) in [4.78, 5) is 17.6. The van der Waals surface area contributed by atoms with E-state index in [9.17, 15) is 4.79 Å². The first-order chi connectivity index (χ1) is 9.26. The van der Waals surface area contributed by atoms with E-state index in [2.05, 4.69) is 4.98 Å². The third-order valence-electron chi connectivity index (χ3n) is 2.59. The number of hydrogen-bond donors (Lipinski definition) is 0. The number of carbonyl (C=O) groups is 1. The van der Waals surface area contributed by atoms with Crippen LogP contribution in [0.3, 0.4) is 0 Å². The van der Waals surface area contributed by atoms with E-state index >= 15 is 0 Å². The first-order valence-corrected chi connectivity index (χ1v) is 6.21. The van der Waals surface area contributed by atoms with Gasteiger partial charge in [-0.1, -0.05) is 18.2 Å². The number of para-hydroxylation sites is 1. The van der Waals surface area contributed by atoms with Crippen LogP contribution in [0.5, 0.6) is 0 Å². The molecule has 1 aromatic heterocycles. The highest BCUT2D eigenvalue weighted by Crippen LogP contribution is 2.24. The van der Waals surface area contributed by atoms with Gasteiger partial charge in [0.05, 0.1) is 6.61 Å². The zero-order chi connectivity index (χ0) is 13.7. The van der Waals surface area contributed by atoms with Gasteiger partial charge in [0, 0.05) is 12.2 Å². The van der Waals surface area contributed by atoms with Crippen LogP contribution in [0.2, 0.25) is 0 Å². The van der Waals surface area contributed by atoms with E-state index in [1.54, 1.807) is 6.92 Å². The zero-order valence-corrected chi connectivity index (χ0v) is 11.0. The second kappa shape index (κ2) is 6.04. The summed E-state index contributed by atoms with van der Waals surface area (Å²) in [6.07, 6.45) is 1.32. The van der Waals surface area contributed by atoms with Crippen LogP contribution in [0.15, 0.2) is 41.0 Å². The number of rotatable bonds is 5. The lowest BCUT2D eigenvalue weighted by Crippen LogP contribution is -2.16. The number of aromatic nitrogens is 1. The molecule has 1 heterocycles. The molecule has 0 spiro atoms. The van der Waals surface area contributed by atoms with Crippen molar-refractivity contribution < 1.29 is 13.9 Å². The smallest absolute Gasteiger partial charge is 0.360 e. The number of nitrogens with zero attached hydrogens (tertiary/aromatic N) is 2. The number of ether oxygens (including phenoxy) is 1. The molecule has 5 heteroatoms. The van der Waals surface area contributed by atoms with Crippen molar-refractivity contribution in [1.82, 2.24) is 4.98 Å². The van der Waals surface area contributed by atoms with Crippen molar-refractivity contribution in [2.45, 2.75) is 13.8 Å². The van der Waals surface area contributed by atoms with Gasteiger partial charge < -0.3 is 9.15 Å².